The van der Waals surface area contributed by atoms with E-state index in [-0.39, 0.29) is 29.8 Å². The molecule has 0 aromatic heterocycles. The normalized spacial score (nSPS) is 24.9. The van der Waals surface area contributed by atoms with Crippen molar-refractivity contribution in [2.75, 3.05) is 13.1 Å². The van der Waals surface area contributed by atoms with Crippen LogP contribution in [0.25, 0.3) is 0 Å². The van der Waals surface area contributed by atoms with Crippen LogP contribution in [0.4, 0.5) is 9.18 Å². The summed E-state index contributed by atoms with van der Waals surface area (Å²) >= 11 is 0. The van der Waals surface area contributed by atoms with Crippen molar-refractivity contribution >= 4 is 12.0 Å². The summed E-state index contributed by atoms with van der Waals surface area (Å²) < 4.78 is 18.7. The van der Waals surface area contributed by atoms with Gasteiger partial charge < -0.3 is 15.0 Å². The molecule has 1 saturated heterocycles. The van der Waals surface area contributed by atoms with Gasteiger partial charge in [-0.05, 0) is 69.6 Å². The molecule has 5 nitrogen and oxygen atoms in total. The van der Waals surface area contributed by atoms with Crippen LogP contribution >= 0.6 is 0 Å². The van der Waals surface area contributed by atoms with Crippen LogP contribution in [-0.4, -0.2) is 41.6 Å². The molecule has 0 bridgehead atoms. The first-order valence-corrected chi connectivity index (χ1v) is 10.6. The zero-order chi connectivity index (χ0) is 21.2. The summed E-state index contributed by atoms with van der Waals surface area (Å²) in [6.45, 7) is 9.05. The highest BCUT2D eigenvalue weighted by Gasteiger charge is 2.44. The monoisotopic (exact) mass is 404 g/mol. The van der Waals surface area contributed by atoms with E-state index >= 15 is 0 Å². The number of carbonyl (C=O) groups excluding carboxylic acids is 2. The van der Waals surface area contributed by atoms with E-state index in [0.29, 0.717) is 31.2 Å². The Labute approximate surface area is 173 Å². The maximum absolute atomic E-state index is 13.4. The van der Waals surface area contributed by atoms with Crippen molar-refractivity contribution in [1.29, 1.82) is 0 Å². The highest BCUT2D eigenvalue weighted by molar-refractivity contribution is 5.77. The molecular formula is C23H33FN2O3. The van der Waals surface area contributed by atoms with E-state index in [1.165, 1.54) is 12.1 Å². The van der Waals surface area contributed by atoms with Crippen molar-refractivity contribution in [3.8, 4) is 0 Å². The van der Waals surface area contributed by atoms with Crippen molar-refractivity contribution in [2.24, 2.45) is 17.8 Å². The van der Waals surface area contributed by atoms with Gasteiger partial charge in [-0.15, -0.1) is 0 Å². The molecule has 1 aliphatic carbocycles. The van der Waals surface area contributed by atoms with Gasteiger partial charge in [0.05, 0.1) is 0 Å². The number of benzene rings is 1. The number of fused-ring (bicyclic) bond motifs is 1. The number of rotatable bonds is 5. The summed E-state index contributed by atoms with van der Waals surface area (Å²) in [4.78, 5) is 26.9. The van der Waals surface area contributed by atoms with Gasteiger partial charge in [0, 0.05) is 31.5 Å². The van der Waals surface area contributed by atoms with Gasteiger partial charge in [-0.25, -0.2) is 9.18 Å². The van der Waals surface area contributed by atoms with Gasteiger partial charge in [-0.2, -0.15) is 0 Å². The predicted molar refractivity (Wildman–Crippen MR) is 110 cm³/mol. The third-order valence-corrected chi connectivity index (χ3v) is 5.91. The van der Waals surface area contributed by atoms with Gasteiger partial charge in [0.2, 0.25) is 5.91 Å². The number of carbonyl (C=O) groups is 2. The molecule has 4 atom stereocenters. The maximum atomic E-state index is 13.4. The number of hydrogen-bond donors (Lipinski definition) is 1. The Bertz CT molecular complexity index is 746. The molecule has 1 N–H and O–H groups in total. The second-order valence-corrected chi connectivity index (χ2v) is 9.70. The molecule has 2 aliphatic rings. The van der Waals surface area contributed by atoms with Crippen LogP contribution in [0.1, 0.15) is 52.5 Å². The van der Waals surface area contributed by atoms with Gasteiger partial charge in [-0.3, -0.25) is 4.79 Å². The Hall–Kier alpha value is -2.11. The summed E-state index contributed by atoms with van der Waals surface area (Å²) in [5, 5.41) is 3.01. The largest absolute Gasteiger partial charge is 0.444 e. The summed E-state index contributed by atoms with van der Waals surface area (Å²) in [6, 6.07) is 6.64. The standard InChI is InChI=1S/C23H33FN2O3/c1-15(10-16-6-5-7-18(24)12-16)11-21(27)26-13-17-8-9-20(19(17)14-26)25-22(28)29-23(2,3)4/h5-7,12,15,17,19-20H,8-11,13-14H2,1-4H3,(H,25,28)/t15-,17-,19+,20+/m0/s1. The van der Waals surface area contributed by atoms with E-state index in [2.05, 4.69) is 5.32 Å². The van der Waals surface area contributed by atoms with Crippen LogP contribution < -0.4 is 5.32 Å². The van der Waals surface area contributed by atoms with E-state index in [9.17, 15) is 14.0 Å². The Kier molecular flexibility index (Phi) is 6.49. The van der Waals surface area contributed by atoms with Gasteiger partial charge in [0.25, 0.3) is 0 Å². The number of ether oxygens (including phenoxy) is 1. The minimum absolute atomic E-state index is 0.0670. The van der Waals surface area contributed by atoms with Crippen molar-refractivity contribution in [1.82, 2.24) is 10.2 Å². The Morgan fingerprint density at radius 3 is 2.72 bits per heavy atom. The molecule has 3 rings (SSSR count). The number of nitrogens with one attached hydrogen (secondary N) is 1. The van der Waals surface area contributed by atoms with Crippen LogP contribution in [0, 0.1) is 23.6 Å². The highest BCUT2D eigenvalue weighted by atomic mass is 19.1. The van der Waals surface area contributed by atoms with Crippen LogP contribution in [-0.2, 0) is 16.0 Å². The van der Waals surface area contributed by atoms with E-state index in [1.54, 1.807) is 6.07 Å². The second-order valence-electron chi connectivity index (χ2n) is 9.70. The second kappa shape index (κ2) is 8.72. The average molecular weight is 405 g/mol. The lowest BCUT2D eigenvalue weighted by atomic mass is 9.97. The Morgan fingerprint density at radius 2 is 2.03 bits per heavy atom. The smallest absolute Gasteiger partial charge is 0.407 e. The van der Waals surface area contributed by atoms with Crippen molar-refractivity contribution < 1.29 is 18.7 Å². The molecule has 29 heavy (non-hydrogen) atoms. The summed E-state index contributed by atoms with van der Waals surface area (Å²) in [5.74, 6) is 0.805. The van der Waals surface area contributed by atoms with Crippen molar-refractivity contribution in [2.45, 2.75) is 65.0 Å². The first kappa shape index (κ1) is 21.6. The minimum atomic E-state index is -0.516. The lowest BCUT2D eigenvalue weighted by Gasteiger charge is -2.25. The molecule has 0 radical (unpaired) electrons. The Morgan fingerprint density at radius 1 is 1.28 bits per heavy atom. The number of hydrogen-bond acceptors (Lipinski definition) is 3. The lowest BCUT2D eigenvalue weighted by Crippen LogP contribution is -2.42. The van der Waals surface area contributed by atoms with Gasteiger partial charge in [-0.1, -0.05) is 19.1 Å². The number of amides is 2. The zero-order valence-corrected chi connectivity index (χ0v) is 17.9. The maximum Gasteiger partial charge on any atom is 0.407 e. The van der Waals surface area contributed by atoms with E-state index in [1.807, 2.05) is 38.7 Å². The minimum Gasteiger partial charge on any atom is -0.444 e. The van der Waals surface area contributed by atoms with Crippen LogP contribution in [0.3, 0.4) is 0 Å². The molecule has 1 saturated carbocycles. The predicted octanol–water partition coefficient (Wildman–Crippen LogP) is 4.16. The number of likely N-dealkylation sites (tertiary alicyclic amines) is 1. The van der Waals surface area contributed by atoms with Crippen LogP contribution in [0.15, 0.2) is 24.3 Å². The highest BCUT2D eigenvalue weighted by Crippen LogP contribution is 2.38. The Balaban J connectivity index is 1.49. The van der Waals surface area contributed by atoms with Gasteiger partial charge in [0.15, 0.2) is 0 Å². The fraction of sp³-hybridized carbons (Fsp3) is 0.652. The zero-order valence-electron chi connectivity index (χ0n) is 17.9. The number of halogens is 1. The molecule has 2 fully saturated rings. The SMILES string of the molecule is C[C@H](CC(=O)N1C[C@@H]2CC[C@@H](NC(=O)OC(C)(C)C)[C@@H]2C1)Cc1cccc(F)c1. The van der Waals surface area contributed by atoms with Crippen molar-refractivity contribution in [3.05, 3.63) is 35.6 Å². The summed E-state index contributed by atoms with van der Waals surface area (Å²) in [7, 11) is 0. The molecule has 1 aliphatic heterocycles. The van der Waals surface area contributed by atoms with E-state index < -0.39 is 5.60 Å². The first-order valence-electron chi connectivity index (χ1n) is 10.6. The molecule has 2 amide bonds. The quantitative estimate of drug-likeness (QED) is 0.802. The fourth-order valence-electron chi connectivity index (χ4n) is 4.67. The number of alkyl carbamates (subject to hydrolysis) is 1. The van der Waals surface area contributed by atoms with E-state index in [4.69, 9.17) is 4.74 Å². The summed E-state index contributed by atoms with van der Waals surface area (Å²) in [5.41, 5.74) is 0.405. The average Bonchev–Trinajstić information content (AvgIpc) is 3.15. The molecule has 1 heterocycles. The molecule has 6 heteroatoms. The van der Waals surface area contributed by atoms with Gasteiger partial charge >= 0.3 is 6.09 Å². The first-order chi connectivity index (χ1) is 13.6. The topological polar surface area (TPSA) is 58.6 Å². The molecule has 1 aromatic rings. The van der Waals surface area contributed by atoms with Crippen LogP contribution in [0.2, 0.25) is 0 Å². The third kappa shape index (κ3) is 5.94. The molecule has 160 valence electrons. The molecular weight excluding hydrogens is 371 g/mol. The van der Waals surface area contributed by atoms with Crippen LogP contribution in [0.5, 0.6) is 0 Å². The molecule has 1 aromatic carbocycles. The fourth-order valence-corrected chi connectivity index (χ4v) is 4.67. The third-order valence-electron chi connectivity index (χ3n) is 5.91. The van der Waals surface area contributed by atoms with Gasteiger partial charge in [0.1, 0.15) is 11.4 Å². The molecule has 0 unspecified atom stereocenters. The van der Waals surface area contributed by atoms with E-state index in [0.717, 1.165) is 24.9 Å². The lowest BCUT2D eigenvalue weighted by molar-refractivity contribution is -0.131. The summed E-state index contributed by atoms with van der Waals surface area (Å²) in [6.07, 6.45) is 2.73. The van der Waals surface area contributed by atoms with Crippen molar-refractivity contribution in [3.63, 3.8) is 0 Å². The number of nitrogens with zero attached hydrogens (tertiary/aromatic N) is 1. The molecule has 0 spiro atoms.